The summed E-state index contributed by atoms with van der Waals surface area (Å²) in [6.07, 6.45) is 13.1. The number of hydrogen-bond donors (Lipinski definition) is 0. The molecule has 0 aromatic carbocycles. The molecule has 9 heteroatoms. The molecule has 0 amide bonds. The number of rotatable bonds is 12. The quantitative estimate of drug-likeness (QED) is 0.408. The van der Waals surface area contributed by atoms with E-state index in [1.165, 1.54) is 32.1 Å². The molecule has 2 aliphatic rings. The largest absolute Gasteiger partial charge is 0.381 e. The van der Waals surface area contributed by atoms with Gasteiger partial charge in [0.2, 0.25) is 16.0 Å². The molecule has 7 nitrogen and oxygen atoms in total. The lowest BCUT2D eigenvalue weighted by atomic mass is 9.91. The highest BCUT2D eigenvalue weighted by molar-refractivity contribution is 7.89. The molecule has 2 fully saturated rings. The van der Waals surface area contributed by atoms with Gasteiger partial charge in [-0.3, -0.25) is 0 Å². The lowest BCUT2D eigenvalue weighted by molar-refractivity contribution is 0.0767. The average Bonchev–Trinajstić information content (AvgIpc) is 2.80. The lowest BCUT2D eigenvalue weighted by Crippen LogP contribution is -2.40. The smallest absolute Gasteiger partial charge is 0.225 e. The van der Waals surface area contributed by atoms with Gasteiger partial charge in [-0.05, 0) is 50.4 Å². The van der Waals surface area contributed by atoms with Crippen molar-refractivity contribution in [2.45, 2.75) is 64.7 Å². The van der Waals surface area contributed by atoms with Crippen LogP contribution in [0.3, 0.4) is 0 Å². The van der Waals surface area contributed by atoms with Crippen LogP contribution in [0.15, 0.2) is 12.4 Å². The highest BCUT2D eigenvalue weighted by Gasteiger charge is 2.27. The Labute approximate surface area is 198 Å². The molecule has 0 spiro atoms. The molecule has 0 saturated carbocycles. The standard InChI is InChI=1S/C23H39ClN4O3S/c1-2-16-32(29,30)28-13-9-21(10-14-28)19-31-15-5-3-4-6-20-7-11-27(12-8-20)23-25-17-22(24)18-26-23/h17-18,20-21H,2-16,19H2,1H3. The first-order valence-electron chi connectivity index (χ1n) is 12.3. The summed E-state index contributed by atoms with van der Waals surface area (Å²) in [6, 6.07) is 0. The number of anilines is 1. The van der Waals surface area contributed by atoms with Crippen LogP contribution >= 0.6 is 11.6 Å². The zero-order valence-electron chi connectivity index (χ0n) is 19.4. The molecular formula is C23H39ClN4O3S. The molecule has 3 heterocycles. The highest BCUT2D eigenvalue weighted by atomic mass is 35.5. The average molecular weight is 487 g/mol. The molecular weight excluding hydrogens is 448 g/mol. The highest BCUT2D eigenvalue weighted by Crippen LogP contribution is 2.25. The second-order valence-electron chi connectivity index (χ2n) is 9.21. The minimum Gasteiger partial charge on any atom is -0.381 e. The fourth-order valence-electron chi connectivity index (χ4n) is 4.70. The molecule has 3 rings (SSSR count). The second-order valence-corrected chi connectivity index (χ2v) is 11.7. The van der Waals surface area contributed by atoms with Gasteiger partial charge < -0.3 is 9.64 Å². The van der Waals surface area contributed by atoms with Gasteiger partial charge in [0.05, 0.1) is 23.2 Å². The van der Waals surface area contributed by atoms with E-state index < -0.39 is 10.0 Å². The Balaban J connectivity index is 1.18. The van der Waals surface area contributed by atoms with Gasteiger partial charge in [0, 0.05) is 39.4 Å². The summed E-state index contributed by atoms with van der Waals surface area (Å²) < 4.78 is 31.9. The van der Waals surface area contributed by atoms with Gasteiger partial charge in [-0.15, -0.1) is 0 Å². The topological polar surface area (TPSA) is 75.6 Å². The van der Waals surface area contributed by atoms with Gasteiger partial charge in [0.15, 0.2) is 0 Å². The van der Waals surface area contributed by atoms with Crippen LogP contribution in [-0.2, 0) is 14.8 Å². The fourth-order valence-corrected chi connectivity index (χ4v) is 6.33. The third-order valence-electron chi connectivity index (χ3n) is 6.69. The maximum absolute atomic E-state index is 12.1. The Bertz CT molecular complexity index is 762. The number of unbranched alkanes of at least 4 members (excludes halogenated alkanes) is 2. The van der Waals surface area contributed by atoms with Crippen molar-refractivity contribution in [2.75, 3.05) is 50.0 Å². The summed E-state index contributed by atoms with van der Waals surface area (Å²) in [6.45, 7) is 6.85. The normalized spacial score (nSPS) is 19.5. The van der Waals surface area contributed by atoms with E-state index in [2.05, 4.69) is 14.9 Å². The van der Waals surface area contributed by atoms with Crippen LogP contribution in [0.4, 0.5) is 5.95 Å². The van der Waals surface area contributed by atoms with Crippen LogP contribution in [-0.4, -0.2) is 67.8 Å². The van der Waals surface area contributed by atoms with E-state index in [1.54, 1.807) is 16.7 Å². The summed E-state index contributed by atoms with van der Waals surface area (Å²) >= 11 is 5.87. The number of sulfonamides is 1. The number of ether oxygens (including phenoxy) is 1. The van der Waals surface area contributed by atoms with Crippen molar-refractivity contribution < 1.29 is 13.2 Å². The molecule has 182 valence electrons. The van der Waals surface area contributed by atoms with Crippen LogP contribution in [0.5, 0.6) is 0 Å². The summed E-state index contributed by atoms with van der Waals surface area (Å²) in [7, 11) is -3.04. The van der Waals surface area contributed by atoms with Crippen molar-refractivity contribution in [1.82, 2.24) is 14.3 Å². The van der Waals surface area contributed by atoms with Crippen molar-refractivity contribution in [3.05, 3.63) is 17.4 Å². The molecule has 0 bridgehead atoms. The predicted octanol–water partition coefficient (Wildman–Crippen LogP) is 4.38. The Morgan fingerprint density at radius 3 is 2.31 bits per heavy atom. The monoisotopic (exact) mass is 486 g/mol. The van der Waals surface area contributed by atoms with E-state index in [0.717, 1.165) is 57.4 Å². The van der Waals surface area contributed by atoms with E-state index in [9.17, 15) is 8.42 Å². The van der Waals surface area contributed by atoms with E-state index in [-0.39, 0.29) is 5.75 Å². The van der Waals surface area contributed by atoms with Gasteiger partial charge in [-0.1, -0.05) is 37.8 Å². The van der Waals surface area contributed by atoms with Crippen molar-refractivity contribution in [2.24, 2.45) is 11.8 Å². The Morgan fingerprint density at radius 2 is 1.66 bits per heavy atom. The Kier molecular flexibility index (Phi) is 10.5. The molecule has 0 aliphatic carbocycles. The first-order valence-corrected chi connectivity index (χ1v) is 14.2. The van der Waals surface area contributed by atoms with Crippen LogP contribution in [0, 0.1) is 11.8 Å². The Hall–Kier alpha value is -0.960. The van der Waals surface area contributed by atoms with Gasteiger partial charge in [-0.25, -0.2) is 22.7 Å². The first kappa shape index (κ1) is 25.7. The summed E-state index contributed by atoms with van der Waals surface area (Å²) in [5.74, 6) is 2.36. The number of halogens is 1. The third kappa shape index (κ3) is 8.12. The predicted molar refractivity (Wildman–Crippen MR) is 130 cm³/mol. The maximum atomic E-state index is 12.1. The van der Waals surface area contributed by atoms with Crippen molar-refractivity contribution in [1.29, 1.82) is 0 Å². The van der Waals surface area contributed by atoms with Gasteiger partial charge in [0.1, 0.15) is 0 Å². The van der Waals surface area contributed by atoms with E-state index in [1.807, 2.05) is 6.92 Å². The lowest BCUT2D eigenvalue weighted by Gasteiger charge is -2.32. The number of hydrogen-bond acceptors (Lipinski definition) is 6. The first-order chi connectivity index (χ1) is 15.5. The van der Waals surface area contributed by atoms with Gasteiger partial charge in [0.25, 0.3) is 0 Å². The van der Waals surface area contributed by atoms with Crippen LogP contribution in [0.25, 0.3) is 0 Å². The zero-order chi connectivity index (χ0) is 22.8. The molecule has 32 heavy (non-hydrogen) atoms. The van der Waals surface area contributed by atoms with E-state index in [0.29, 0.717) is 30.5 Å². The number of piperidine rings is 2. The molecule has 0 atom stereocenters. The third-order valence-corrected chi connectivity index (χ3v) is 8.96. The van der Waals surface area contributed by atoms with E-state index in [4.69, 9.17) is 16.3 Å². The van der Waals surface area contributed by atoms with Crippen molar-refractivity contribution >= 4 is 27.6 Å². The number of aromatic nitrogens is 2. The van der Waals surface area contributed by atoms with Crippen LogP contribution < -0.4 is 4.90 Å². The fraction of sp³-hybridized carbons (Fsp3) is 0.826. The van der Waals surface area contributed by atoms with E-state index >= 15 is 0 Å². The van der Waals surface area contributed by atoms with Crippen LogP contribution in [0.1, 0.15) is 64.7 Å². The number of nitrogens with zero attached hydrogens (tertiary/aromatic N) is 4. The molecule has 0 radical (unpaired) electrons. The molecule has 1 aromatic heterocycles. The van der Waals surface area contributed by atoms with Crippen molar-refractivity contribution in [3.8, 4) is 0 Å². The summed E-state index contributed by atoms with van der Waals surface area (Å²) in [5.41, 5.74) is 0. The maximum Gasteiger partial charge on any atom is 0.225 e. The van der Waals surface area contributed by atoms with Gasteiger partial charge in [-0.2, -0.15) is 0 Å². The Morgan fingerprint density at radius 1 is 1.00 bits per heavy atom. The summed E-state index contributed by atoms with van der Waals surface area (Å²) in [4.78, 5) is 10.9. The minimum atomic E-state index is -3.04. The molecule has 0 N–H and O–H groups in total. The van der Waals surface area contributed by atoms with Crippen LogP contribution in [0.2, 0.25) is 5.02 Å². The minimum absolute atomic E-state index is 0.268. The zero-order valence-corrected chi connectivity index (χ0v) is 21.0. The SMILES string of the molecule is CCCS(=O)(=O)N1CCC(COCCCCCC2CCN(c3ncc(Cl)cn3)CC2)CC1. The molecule has 2 aliphatic heterocycles. The molecule has 2 saturated heterocycles. The molecule has 0 unspecified atom stereocenters. The second kappa shape index (κ2) is 13.1. The van der Waals surface area contributed by atoms with Crippen molar-refractivity contribution in [3.63, 3.8) is 0 Å². The summed E-state index contributed by atoms with van der Waals surface area (Å²) in [5, 5.41) is 0.580. The van der Waals surface area contributed by atoms with Gasteiger partial charge >= 0.3 is 0 Å². The molecule has 1 aromatic rings.